The topological polar surface area (TPSA) is 58.6 Å². The van der Waals surface area contributed by atoms with Gasteiger partial charge in [-0.1, -0.05) is 74.7 Å². The number of para-hydroxylation sites is 1. The Morgan fingerprint density at radius 2 is 1.63 bits per heavy atom. The zero-order chi connectivity index (χ0) is 21.2. The molecule has 2 aromatic rings. The van der Waals surface area contributed by atoms with Gasteiger partial charge in [0, 0.05) is 12.6 Å². The lowest BCUT2D eigenvalue weighted by atomic mass is 9.95. The van der Waals surface area contributed by atoms with Crippen molar-refractivity contribution in [3.05, 3.63) is 66.2 Å². The van der Waals surface area contributed by atoms with Crippen molar-refractivity contribution in [1.82, 2.24) is 10.2 Å². The highest BCUT2D eigenvalue weighted by atomic mass is 16.5. The van der Waals surface area contributed by atoms with E-state index < -0.39 is 6.04 Å². The molecule has 0 aromatic heterocycles. The molecule has 3 rings (SSSR count). The fourth-order valence-electron chi connectivity index (χ4n) is 3.99. The Bertz CT molecular complexity index is 789. The van der Waals surface area contributed by atoms with E-state index in [0.717, 1.165) is 31.2 Å². The van der Waals surface area contributed by atoms with Crippen molar-refractivity contribution in [3.8, 4) is 5.75 Å². The standard InChI is InChI=1S/C25H32N2O3/c1-2-23(25(29)26-21-14-8-4-9-15-21)27(18-20-12-6-3-7-13-20)24(28)19-30-22-16-10-5-11-17-22/h3,5-7,10-13,16-17,21,23H,2,4,8-9,14-15,18-19H2,1H3,(H,26,29). The van der Waals surface area contributed by atoms with Gasteiger partial charge in [-0.25, -0.2) is 0 Å². The summed E-state index contributed by atoms with van der Waals surface area (Å²) in [7, 11) is 0. The highest BCUT2D eigenvalue weighted by molar-refractivity contribution is 5.88. The molecule has 30 heavy (non-hydrogen) atoms. The van der Waals surface area contributed by atoms with Crippen LogP contribution >= 0.6 is 0 Å². The van der Waals surface area contributed by atoms with Gasteiger partial charge in [-0.05, 0) is 37.0 Å². The average molecular weight is 409 g/mol. The summed E-state index contributed by atoms with van der Waals surface area (Å²) in [6.07, 6.45) is 6.14. The van der Waals surface area contributed by atoms with Gasteiger partial charge in [0.15, 0.2) is 6.61 Å². The molecule has 1 aliphatic carbocycles. The number of ether oxygens (including phenoxy) is 1. The fraction of sp³-hybridized carbons (Fsp3) is 0.440. The van der Waals surface area contributed by atoms with Gasteiger partial charge in [0.05, 0.1) is 0 Å². The third kappa shape index (κ3) is 6.34. The van der Waals surface area contributed by atoms with Crippen LogP contribution in [0.3, 0.4) is 0 Å². The van der Waals surface area contributed by atoms with Crippen molar-refractivity contribution >= 4 is 11.8 Å². The Kier molecular flexibility index (Phi) is 8.30. The number of amides is 2. The highest BCUT2D eigenvalue weighted by Gasteiger charge is 2.30. The van der Waals surface area contributed by atoms with Crippen molar-refractivity contribution in [2.75, 3.05) is 6.61 Å². The zero-order valence-electron chi connectivity index (χ0n) is 17.8. The van der Waals surface area contributed by atoms with E-state index in [1.807, 2.05) is 67.6 Å². The first-order valence-electron chi connectivity index (χ1n) is 11.0. The molecule has 5 nitrogen and oxygen atoms in total. The van der Waals surface area contributed by atoms with E-state index in [1.54, 1.807) is 4.90 Å². The minimum absolute atomic E-state index is 0.0617. The minimum atomic E-state index is -0.515. The molecule has 1 saturated carbocycles. The van der Waals surface area contributed by atoms with Gasteiger partial charge in [0.25, 0.3) is 5.91 Å². The lowest BCUT2D eigenvalue weighted by molar-refractivity contribution is -0.143. The van der Waals surface area contributed by atoms with E-state index in [1.165, 1.54) is 6.42 Å². The second-order valence-electron chi connectivity index (χ2n) is 7.88. The number of carbonyl (C=O) groups is 2. The van der Waals surface area contributed by atoms with Gasteiger partial charge in [-0.15, -0.1) is 0 Å². The smallest absolute Gasteiger partial charge is 0.261 e. The molecular formula is C25H32N2O3. The van der Waals surface area contributed by atoms with Crippen molar-refractivity contribution in [2.24, 2.45) is 0 Å². The molecular weight excluding hydrogens is 376 g/mol. The minimum Gasteiger partial charge on any atom is -0.484 e. The lowest BCUT2D eigenvalue weighted by Gasteiger charge is -2.32. The highest BCUT2D eigenvalue weighted by Crippen LogP contribution is 2.19. The normalized spacial score (nSPS) is 15.2. The van der Waals surface area contributed by atoms with Crippen LogP contribution in [0, 0.1) is 0 Å². The summed E-state index contributed by atoms with van der Waals surface area (Å²) in [5, 5.41) is 3.19. The number of carbonyl (C=O) groups excluding carboxylic acids is 2. The number of nitrogens with one attached hydrogen (secondary N) is 1. The van der Waals surface area contributed by atoms with Crippen molar-refractivity contribution in [1.29, 1.82) is 0 Å². The number of nitrogens with zero attached hydrogens (tertiary/aromatic N) is 1. The fourth-order valence-corrected chi connectivity index (χ4v) is 3.99. The van der Waals surface area contributed by atoms with Crippen LogP contribution in [0.25, 0.3) is 0 Å². The molecule has 1 unspecified atom stereocenters. The molecule has 0 heterocycles. The van der Waals surface area contributed by atoms with Crippen LogP contribution in [0.2, 0.25) is 0 Å². The Morgan fingerprint density at radius 3 is 2.27 bits per heavy atom. The largest absolute Gasteiger partial charge is 0.484 e. The zero-order valence-corrected chi connectivity index (χ0v) is 17.8. The summed E-state index contributed by atoms with van der Waals surface area (Å²) in [6.45, 7) is 2.24. The van der Waals surface area contributed by atoms with Crippen LogP contribution in [0.4, 0.5) is 0 Å². The molecule has 0 aliphatic heterocycles. The molecule has 2 amide bonds. The van der Waals surface area contributed by atoms with Crippen LogP contribution in [0.1, 0.15) is 51.0 Å². The molecule has 1 atom stereocenters. The maximum Gasteiger partial charge on any atom is 0.261 e. The summed E-state index contributed by atoms with van der Waals surface area (Å²) in [5.74, 6) is 0.395. The number of hydrogen-bond donors (Lipinski definition) is 1. The molecule has 1 aliphatic rings. The second-order valence-corrected chi connectivity index (χ2v) is 7.88. The SMILES string of the molecule is CCC(C(=O)NC1CCCCC1)N(Cc1ccccc1)C(=O)COc1ccccc1. The Hall–Kier alpha value is -2.82. The van der Waals surface area contributed by atoms with Crippen LogP contribution in [-0.4, -0.2) is 35.4 Å². The van der Waals surface area contributed by atoms with Crippen molar-refractivity contribution in [3.63, 3.8) is 0 Å². The van der Waals surface area contributed by atoms with E-state index in [-0.39, 0.29) is 24.5 Å². The van der Waals surface area contributed by atoms with Crippen LogP contribution in [0.15, 0.2) is 60.7 Å². The van der Waals surface area contributed by atoms with Gasteiger partial charge < -0.3 is 15.0 Å². The van der Waals surface area contributed by atoms with Gasteiger partial charge in [-0.3, -0.25) is 9.59 Å². The lowest BCUT2D eigenvalue weighted by Crippen LogP contribution is -2.52. The van der Waals surface area contributed by atoms with E-state index in [0.29, 0.717) is 18.7 Å². The Morgan fingerprint density at radius 1 is 1.00 bits per heavy atom. The predicted molar refractivity (Wildman–Crippen MR) is 118 cm³/mol. The molecule has 2 aromatic carbocycles. The first-order valence-corrected chi connectivity index (χ1v) is 11.0. The Labute approximate surface area is 179 Å². The average Bonchev–Trinajstić information content (AvgIpc) is 2.79. The van der Waals surface area contributed by atoms with Gasteiger partial charge >= 0.3 is 0 Å². The quantitative estimate of drug-likeness (QED) is 0.672. The summed E-state index contributed by atoms with van der Waals surface area (Å²) in [5.41, 5.74) is 0.995. The van der Waals surface area contributed by atoms with Crippen molar-refractivity contribution in [2.45, 2.75) is 64.1 Å². The predicted octanol–water partition coefficient (Wildman–Crippen LogP) is 4.32. The van der Waals surface area contributed by atoms with E-state index in [4.69, 9.17) is 4.74 Å². The monoisotopic (exact) mass is 408 g/mol. The summed E-state index contributed by atoms with van der Waals surface area (Å²) >= 11 is 0. The summed E-state index contributed by atoms with van der Waals surface area (Å²) in [4.78, 5) is 27.9. The molecule has 0 bridgehead atoms. The Balaban J connectivity index is 1.72. The molecule has 1 fully saturated rings. The van der Waals surface area contributed by atoms with Gasteiger partial charge in [-0.2, -0.15) is 0 Å². The van der Waals surface area contributed by atoms with E-state index in [2.05, 4.69) is 5.32 Å². The number of benzene rings is 2. The molecule has 0 spiro atoms. The van der Waals surface area contributed by atoms with Crippen LogP contribution in [0.5, 0.6) is 5.75 Å². The molecule has 0 saturated heterocycles. The van der Waals surface area contributed by atoms with Crippen LogP contribution in [-0.2, 0) is 16.1 Å². The van der Waals surface area contributed by atoms with Crippen molar-refractivity contribution < 1.29 is 14.3 Å². The maximum absolute atomic E-state index is 13.1. The van der Waals surface area contributed by atoms with Gasteiger partial charge in [0.2, 0.25) is 5.91 Å². The number of rotatable bonds is 9. The molecule has 5 heteroatoms. The third-order valence-electron chi connectivity index (χ3n) is 5.64. The molecule has 1 N–H and O–H groups in total. The third-order valence-corrected chi connectivity index (χ3v) is 5.64. The molecule has 160 valence electrons. The maximum atomic E-state index is 13.1. The number of hydrogen-bond acceptors (Lipinski definition) is 3. The summed E-state index contributed by atoms with van der Waals surface area (Å²) < 4.78 is 5.69. The van der Waals surface area contributed by atoms with Crippen LogP contribution < -0.4 is 10.1 Å². The molecule has 0 radical (unpaired) electrons. The van der Waals surface area contributed by atoms with Gasteiger partial charge in [0.1, 0.15) is 11.8 Å². The first kappa shape index (κ1) is 21.9. The first-order chi connectivity index (χ1) is 14.7. The van der Waals surface area contributed by atoms with E-state index in [9.17, 15) is 9.59 Å². The van der Waals surface area contributed by atoms with E-state index >= 15 is 0 Å². The summed E-state index contributed by atoms with van der Waals surface area (Å²) in [6, 6.07) is 18.8. The second kappa shape index (κ2) is 11.4.